The van der Waals surface area contributed by atoms with Crippen molar-refractivity contribution >= 4 is 11.6 Å². The number of benzene rings is 1. The summed E-state index contributed by atoms with van der Waals surface area (Å²) in [5.41, 5.74) is 2.42. The molecule has 0 aliphatic rings. The van der Waals surface area contributed by atoms with E-state index in [0.29, 0.717) is 12.5 Å². The summed E-state index contributed by atoms with van der Waals surface area (Å²) in [6.07, 6.45) is 6.24. The van der Waals surface area contributed by atoms with Crippen molar-refractivity contribution in [3.63, 3.8) is 0 Å². The fourth-order valence-electron chi connectivity index (χ4n) is 2.01. The second-order valence-corrected chi connectivity index (χ2v) is 5.12. The summed E-state index contributed by atoms with van der Waals surface area (Å²) in [6, 6.07) is 4.05. The van der Waals surface area contributed by atoms with E-state index in [0.717, 1.165) is 23.6 Å². The molecule has 0 unspecified atom stereocenters. The van der Waals surface area contributed by atoms with Gasteiger partial charge in [-0.05, 0) is 55.9 Å². The topological polar surface area (TPSA) is 9.23 Å². The highest BCUT2D eigenvalue weighted by Crippen LogP contribution is 2.34. The Balaban J connectivity index is 3.11. The fourth-order valence-corrected chi connectivity index (χ4v) is 2.26. The van der Waals surface area contributed by atoms with E-state index in [1.165, 1.54) is 11.1 Å². The van der Waals surface area contributed by atoms with Crippen molar-refractivity contribution in [1.82, 2.24) is 0 Å². The molecule has 1 aromatic rings. The van der Waals surface area contributed by atoms with Crippen molar-refractivity contribution in [3.8, 4) is 5.75 Å². The quantitative estimate of drug-likeness (QED) is 0.629. The van der Waals surface area contributed by atoms with E-state index in [9.17, 15) is 0 Å². The van der Waals surface area contributed by atoms with Gasteiger partial charge in [-0.15, -0.1) is 0 Å². The van der Waals surface area contributed by atoms with Gasteiger partial charge in [-0.25, -0.2) is 0 Å². The van der Waals surface area contributed by atoms with Crippen LogP contribution in [0.2, 0.25) is 5.02 Å². The minimum absolute atomic E-state index is 0.422. The Morgan fingerprint density at radius 2 is 2.06 bits per heavy atom. The molecule has 0 amide bonds. The first-order valence-corrected chi connectivity index (χ1v) is 7.04. The molecule has 1 nitrogen and oxygen atoms in total. The van der Waals surface area contributed by atoms with E-state index in [2.05, 4.69) is 26.0 Å². The molecule has 0 radical (unpaired) electrons. The van der Waals surface area contributed by atoms with Gasteiger partial charge in [0, 0.05) is 5.02 Å². The third-order valence-corrected chi connectivity index (χ3v) is 3.10. The first kappa shape index (κ1) is 15.1. The van der Waals surface area contributed by atoms with Gasteiger partial charge in [0.15, 0.2) is 0 Å². The zero-order valence-corrected chi connectivity index (χ0v) is 12.6. The first-order valence-electron chi connectivity index (χ1n) is 6.66. The first-order chi connectivity index (χ1) is 8.60. The van der Waals surface area contributed by atoms with Crippen molar-refractivity contribution in [2.24, 2.45) is 0 Å². The molecule has 18 heavy (non-hydrogen) atoms. The number of hydrogen-bond acceptors (Lipinski definition) is 1. The van der Waals surface area contributed by atoms with Crippen LogP contribution in [0.5, 0.6) is 5.75 Å². The summed E-state index contributed by atoms with van der Waals surface area (Å²) >= 11 is 6.21. The summed E-state index contributed by atoms with van der Waals surface area (Å²) < 4.78 is 5.83. The third-order valence-electron chi connectivity index (χ3n) is 2.89. The predicted molar refractivity (Wildman–Crippen MR) is 79.8 cm³/mol. The molecule has 100 valence electrons. The summed E-state index contributed by atoms with van der Waals surface area (Å²) in [5.74, 6) is 1.45. The van der Waals surface area contributed by atoms with Gasteiger partial charge < -0.3 is 4.74 Å². The normalized spacial score (nSPS) is 11.4. The van der Waals surface area contributed by atoms with Crippen LogP contribution in [0.15, 0.2) is 24.3 Å². The van der Waals surface area contributed by atoms with Crippen LogP contribution in [-0.2, 0) is 6.42 Å². The Bertz CT molecular complexity index is 408. The molecule has 0 N–H and O–H groups in total. The van der Waals surface area contributed by atoms with Crippen LogP contribution in [0.1, 0.15) is 51.2 Å². The molecule has 0 spiro atoms. The van der Waals surface area contributed by atoms with E-state index in [4.69, 9.17) is 16.3 Å². The fraction of sp³-hybridized carbons (Fsp3) is 0.500. The Hall–Kier alpha value is -0.950. The minimum Gasteiger partial charge on any atom is -0.493 e. The smallest absolute Gasteiger partial charge is 0.126 e. The maximum absolute atomic E-state index is 6.21. The molecule has 0 saturated carbocycles. The Labute approximate surface area is 116 Å². The van der Waals surface area contributed by atoms with Gasteiger partial charge in [0.2, 0.25) is 0 Å². The number of hydrogen-bond donors (Lipinski definition) is 0. The summed E-state index contributed by atoms with van der Waals surface area (Å²) in [7, 11) is 0. The van der Waals surface area contributed by atoms with Crippen molar-refractivity contribution < 1.29 is 4.74 Å². The molecule has 1 rings (SSSR count). The van der Waals surface area contributed by atoms with Crippen molar-refractivity contribution in [2.75, 3.05) is 6.61 Å². The van der Waals surface area contributed by atoms with Crippen molar-refractivity contribution in [2.45, 2.75) is 46.5 Å². The Morgan fingerprint density at radius 1 is 1.33 bits per heavy atom. The van der Waals surface area contributed by atoms with E-state index < -0.39 is 0 Å². The average molecular weight is 267 g/mol. The summed E-state index contributed by atoms with van der Waals surface area (Å²) in [5, 5.41) is 0.803. The van der Waals surface area contributed by atoms with E-state index >= 15 is 0 Å². The number of allylic oxidation sites excluding steroid dienone is 2. The lowest BCUT2D eigenvalue weighted by atomic mass is 9.97. The van der Waals surface area contributed by atoms with E-state index in [1.807, 2.05) is 26.0 Å². The van der Waals surface area contributed by atoms with Gasteiger partial charge >= 0.3 is 0 Å². The van der Waals surface area contributed by atoms with Crippen molar-refractivity contribution in [1.29, 1.82) is 0 Å². The maximum Gasteiger partial charge on any atom is 0.126 e. The highest BCUT2D eigenvalue weighted by molar-refractivity contribution is 6.30. The number of rotatable bonds is 6. The largest absolute Gasteiger partial charge is 0.493 e. The molecule has 0 saturated heterocycles. The minimum atomic E-state index is 0.422. The highest BCUT2D eigenvalue weighted by atomic mass is 35.5. The zero-order valence-electron chi connectivity index (χ0n) is 11.8. The molecule has 0 aliphatic carbocycles. The molecule has 0 bridgehead atoms. The standard InChI is InChI=1S/C16H23ClO/c1-5-7-8-9-13-10-14(17)11-15(12(3)4)16(13)18-6-2/h5,7,10-12H,6,8-9H2,1-4H3/b7-5-. The predicted octanol–water partition coefficient (Wildman–Crippen LogP) is 5.37. The van der Waals surface area contributed by atoms with Gasteiger partial charge in [-0.1, -0.05) is 37.6 Å². The second kappa shape index (κ2) is 7.48. The van der Waals surface area contributed by atoms with Crippen LogP contribution < -0.4 is 4.74 Å². The molecule has 0 atom stereocenters. The van der Waals surface area contributed by atoms with Gasteiger partial charge in [-0.3, -0.25) is 0 Å². The molecule has 0 fully saturated rings. The van der Waals surface area contributed by atoms with Crippen LogP contribution in [0.4, 0.5) is 0 Å². The van der Waals surface area contributed by atoms with Crippen LogP contribution in [0.25, 0.3) is 0 Å². The highest BCUT2D eigenvalue weighted by Gasteiger charge is 2.13. The van der Waals surface area contributed by atoms with Crippen molar-refractivity contribution in [3.05, 3.63) is 40.4 Å². The molecule has 1 aromatic carbocycles. The molecule has 0 heterocycles. The Morgan fingerprint density at radius 3 is 2.61 bits per heavy atom. The maximum atomic E-state index is 6.21. The lowest BCUT2D eigenvalue weighted by molar-refractivity contribution is 0.331. The third kappa shape index (κ3) is 4.06. The van der Waals surface area contributed by atoms with Gasteiger partial charge in [0.05, 0.1) is 6.61 Å². The molecule has 0 aromatic heterocycles. The average Bonchev–Trinajstić information content (AvgIpc) is 2.32. The number of aryl methyl sites for hydroxylation is 1. The molecular weight excluding hydrogens is 244 g/mol. The number of ether oxygens (including phenoxy) is 1. The number of halogens is 1. The van der Waals surface area contributed by atoms with Crippen LogP contribution in [0, 0.1) is 0 Å². The Kier molecular flexibility index (Phi) is 6.28. The van der Waals surface area contributed by atoms with Gasteiger partial charge in [0.1, 0.15) is 5.75 Å². The van der Waals surface area contributed by atoms with Crippen LogP contribution >= 0.6 is 11.6 Å². The second-order valence-electron chi connectivity index (χ2n) is 4.68. The molecule has 2 heteroatoms. The van der Waals surface area contributed by atoms with Crippen LogP contribution in [-0.4, -0.2) is 6.61 Å². The zero-order chi connectivity index (χ0) is 13.5. The monoisotopic (exact) mass is 266 g/mol. The molecule has 0 aliphatic heterocycles. The van der Waals surface area contributed by atoms with E-state index in [-0.39, 0.29) is 0 Å². The summed E-state index contributed by atoms with van der Waals surface area (Å²) in [4.78, 5) is 0. The molecular formula is C16H23ClO. The van der Waals surface area contributed by atoms with E-state index in [1.54, 1.807) is 0 Å². The van der Waals surface area contributed by atoms with Gasteiger partial charge in [-0.2, -0.15) is 0 Å². The summed E-state index contributed by atoms with van der Waals surface area (Å²) in [6.45, 7) is 9.10. The lowest BCUT2D eigenvalue weighted by Crippen LogP contribution is -2.02. The van der Waals surface area contributed by atoms with Gasteiger partial charge in [0.25, 0.3) is 0 Å². The lowest BCUT2D eigenvalue weighted by Gasteiger charge is -2.18. The van der Waals surface area contributed by atoms with Crippen LogP contribution in [0.3, 0.4) is 0 Å². The SMILES string of the molecule is C/C=C\CCc1cc(Cl)cc(C(C)C)c1OCC.